The summed E-state index contributed by atoms with van der Waals surface area (Å²) in [6, 6.07) is 6.10. The van der Waals surface area contributed by atoms with Gasteiger partial charge in [0, 0.05) is 19.1 Å². The van der Waals surface area contributed by atoms with E-state index in [-0.39, 0.29) is 5.82 Å². The third kappa shape index (κ3) is 2.50. The lowest BCUT2D eigenvalue weighted by Gasteiger charge is -2.18. The van der Waals surface area contributed by atoms with Crippen molar-refractivity contribution >= 4 is 5.69 Å². The first-order valence-corrected chi connectivity index (χ1v) is 5.30. The minimum absolute atomic E-state index is 0.319. The monoisotopic (exact) mass is 220 g/mol. The molecule has 1 aromatic carbocycles. The second-order valence-electron chi connectivity index (χ2n) is 3.92. The second-order valence-corrected chi connectivity index (χ2v) is 3.92. The van der Waals surface area contributed by atoms with Gasteiger partial charge in [0.1, 0.15) is 5.82 Å². The molecule has 84 valence electrons. The molecule has 0 saturated carbocycles. The molecule has 1 saturated heterocycles. The predicted octanol–water partition coefficient (Wildman–Crippen LogP) is 2.15. The zero-order valence-corrected chi connectivity index (χ0v) is 8.90. The summed E-state index contributed by atoms with van der Waals surface area (Å²) < 4.78 is 18.3. The van der Waals surface area contributed by atoms with Gasteiger partial charge in [-0.2, -0.15) is 5.26 Å². The molecule has 0 bridgehead atoms. The Balaban J connectivity index is 2.07. The van der Waals surface area contributed by atoms with Crippen molar-refractivity contribution in [3.05, 3.63) is 30.1 Å². The van der Waals surface area contributed by atoms with Gasteiger partial charge in [-0.15, -0.1) is 0 Å². The minimum atomic E-state index is -0.319. The molecule has 0 N–H and O–H groups in total. The Morgan fingerprint density at radius 2 is 2.44 bits per heavy atom. The number of hydrogen-bond donors (Lipinski definition) is 0. The highest BCUT2D eigenvalue weighted by atomic mass is 19.1. The maximum atomic E-state index is 13.0. The summed E-state index contributed by atoms with van der Waals surface area (Å²) in [6.45, 7) is 2.04. The number of rotatable bonds is 3. The predicted molar refractivity (Wildman–Crippen MR) is 58.3 cm³/mol. The lowest BCUT2D eigenvalue weighted by molar-refractivity contribution is 0.187. The summed E-state index contributed by atoms with van der Waals surface area (Å²) >= 11 is 0. The fourth-order valence-electron chi connectivity index (χ4n) is 1.83. The Morgan fingerprint density at radius 3 is 3.06 bits per heavy atom. The van der Waals surface area contributed by atoms with E-state index in [1.807, 2.05) is 0 Å². The number of benzene rings is 1. The normalized spacial score (nSPS) is 19.4. The lowest BCUT2D eigenvalue weighted by Crippen LogP contribution is -2.25. The number of ether oxygens (including phenoxy) is 1. The van der Waals surface area contributed by atoms with Crippen LogP contribution in [0.1, 0.15) is 6.42 Å². The van der Waals surface area contributed by atoms with Gasteiger partial charge in [-0.05, 0) is 24.6 Å². The highest BCUT2D eigenvalue weighted by Crippen LogP contribution is 2.19. The maximum Gasteiger partial charge on any atom is 0.184 e. The second kappa shape index (κ2) is 4.95. The molecule has 2 rings (SSSR count). The van der Waals surface area contributed by atoms with Gasteiger partial charge in [-0.25, -0.2) is 4.39 Å². The summed E-state index contributed by atoms with van der Waals surface area (Å²) in [6.07, 6.45) is 3.05. The van der Waals surface area contributed by atoms with Crippen molar-refractivity contribution in [1.82, 2.24) is 0 Å². The summed E-state index contributed by atoms with van der Waals surface area (Å²) in [5.74, 6) is 0.0448. The topological polar surface area (TPSA) is 36.3 Å². The zero-order valence-electron chi connectivity index (χ0n) is 8.90. The molecule has 1 atom stereocenters. The number of halogens is 1. The van der Waals surface area contributed by atoms with Gasteiger partial charge in [-0.1, -0.05) is 6.07 Å². The fourth-order valence-corrected chi connectivity index (χ4v) is 1.83. The van der Waals surface area contributed by atoms with Crippen molar-refractivity contribution in [2.24, 2.45) is 5.92 Å². The Bertz CT molecular complexity index is 396. The van der Waals surface area contributed by atoms with E-state index in [0.717, 1.165) is 13.0 Å². The van der Waals surface area contributed by atoms with Gasteiger partial charge in [0.2, 0.25) is 0 Å². The zero-order chi connectivity index (χ0) is 11.4. The quantitative estimate of drug-likeness (QED) is 0.578. The number of hydrogen-bond acceptors (Lipinski definition) is 3. The maximum absolute atomic E-state index is 13.0. The van der Waals surface area contributed by atoms with Gasteiger partial charge in [0.15, 0.2) is 6.19 Å². The van der Waals surface area contributed by atoms with E-state index < -0.39 is 0 Å². The van der Waals surface area contributed by atoms with Gasteiger partial charge < -0.3 is 4.74 Å². The largest absolute Gasteiger partial charge is 0.381 e. The molecule has 4 heteroatoms. The highest BCUT2D eigenvalue weighted by Gasteiger charge is 2.19. The van der Waals surface area contributed by atoms with E-state index in [0.29, 0.717) is 24.8 Å². The summed E-state index contributed by atoms with van der Waals surface area (Å²) in [5.41, 5.74) is 0.606. The summed E-state index contributed by atoms with van der Waals surface area (Å²) in [7, 11) is 0. The Labute approximate surface area is 94.0 Å². The van der Waals surface area contributed by atoms with Gasteiger partial charge in [-0.3, -0.25) is 4.90 Å². The molecule has 0 radical (unpaired) electrons. The standard InChI is InChI=1S/C12H13FN2O/c13-11-2-1-3-12(6-11)15(9-14)7-10-4-5-16-8-10/h1-3,6,10H,4-5,7-8H2. The van der Waals surface area contributed by atoms with Gasteiger partial charge >= 0.3 is 0 Å². The van der Waals surface area contributed by atoms with E-state index in [1.165, 1.54) is 17.0 Å². The number of nitrogens with zero attached hydrogens (tertiary/aromatic N) is 2. The van der Waals surface area contributed by atoms with E-state index in [1.54, 1.807) is 12.1 Å². The van der Waals surface area contributed by atoms with Crippen molar-refractivity contribution in [1.29, 1.82) is 5.26 Å². The third-order valence-electron chi connectivity index (χ3n) is 2.71. The number of nitriles is 1. The smallest absolute Gasteiger partial charge is 0.184 e. The van der Waals surface area contributed by atoms with Crippen LogP contribution >= 0.6 is 0 Å². The van der Waals surface area contributed by atoms with Crippen LogP contribution in [-0.4, -0.2) is 19.8 Å². The van der Waals surface area contributed by atoms with Crippen molar-refractivity contribution < 1.29 is 9.13 Å². The first kappa shape index (κ1) is 10.9. The van der Waals surface area contributed by atoms with E-state index in [2.05, 4.69) is 6.19 Å². The lowest BCUT2D eigenvalue weighted by atomic mass is 10.1. The molecule has 1 heterocycles. The van der Waals surface area contributed by atoms with Crippen LogP contribution in [0.15, 0.2) is 24.3 Å². The van der Waals surface area contributed by atoms with Crippen LogP contribution < -0.4 is 4.90 Å². The minimum Gasteiger partial charge on any atom is -0.381 e. The molecule has 1 aromatic rings. The Kier molecular flexibility index (Phi) is 3.37. The van der Waals surface area contributed by atoms with E-state index in [9.17, 15) is 4.39 Å². The molecule has 0 aromatic heterocycles. The average molecular weight is 220 g/mol. The van der Waals surface area contributed by atoms with Crippen LogP contribution in [0.25, 0.3) is 0 Å². The van der Waals surface area contributed by atoms with Crippen molar-refractivity contribution in [3.8, 4) is 6.19 Å². The van der Waals surface area contributed by atoms with Crippen LogP contribution in [0.3, 0.4) is 0 Å². The van der Waals surface area contributed by atoms with Crippen molar-refractivity contribution in [3.63, 3.8) is 0 Å². The van der Waals surface area contributed by atoms with Crippen molar-refractivity contribution in [2.75, 3.05) is 24.7 Å². The molecule has 1 aliphatic heterocycles. The first-order chi connectivity index (χ1) is 7.79. The molecule has 16 heavy (non-hydrogen) atoms. The number of anilines is 1. The van der Waals surface area contributed by atoms with Crippen LogP contribution in [0.5, 0.6) is 0 Å². The molecular weight excluding hydrogens is 207 g/mol. The molecule has 1 fully saturated rings. The van der Waals surface area contributed by atoms with Crippen molar-refractivity contribution in [2.45, 2.75) is 6.42 Å². The molecule has 0 spiro atoms. The fraction of sp³-hybridized carbons (Fsp3) is 0.417. The molecule has 3 nitrogen and oxygen atoms in total. The first-order valence-electron chi connectivity index (χ1n) is 5.30. The molecule has 0 aliphatic carbocycles. The summed E-state index contributed by atoms with van der Waals surface area (Å²) in [4.78, 5) is 1.52. The molecule has 0 amide bonds. The molecule has 1 unspecified atom stereocenters. The van der Waals surface area contributed by atoms with Crippen LogP contribution in [0.4, 0.5) is 10.1 Å². The van der Waals surface area contributed by atoms with Gasteiger partial charge in [0.25, 0.3) is 0 Å². The molecular formula is C12H13FN2O. The third-order valence-corrected chi connectivity index (χ3v) is 2.71. The van der Waals surface area contributed by atoms with E-state index >= 15 is 0 Å². The highest BCUT2D eigenvalue weighted by molar-refractivity contribution is 5.50. The summed E-state index contributed by atoms with van der Waals surface area (Å²) in [5, 5.41) is 9.04. The Morgan fingerprint density at radius 1 is 1.56 bits per heavy atom. The Hall–Kier alpha value is -1.60. The van der Waals surface area contributed by atoms with Crippen LogP contribution in [0.2, 0.25) is 0 Å². The van der Waals surface area contributed by atoms with Crippen LogP contribution in [-0.2, 0) is 4.74 Å². The van der Waals surface area contributed by atoms with Gasteiger partial charge in [0.05, 0.1) is 12.3 Å². The average Bonchev–Trinajstić information content (AvgIpc) is 2.78. The van der Waals surface area contributed by atoms with Crippen LogP contribution in [0, 0.1) is 23.2 Å². The van der Waals surface area contributed by atoms with E-state index in [4.69, 9.17) is 10.00 Å². The SMILES string of the molecule is N#CN(CC1CCOC1)c1cccc(F)c1. The molecule has 1 aliphatic rings.